The number of unbranched alkanes of at least 4 members (excludes halogenated alkanes) is 6. The van der Waals surface area contributed by atoms with Crippen molar-refractivity contribution in [2.75, 3.05) is 26.4 Å². The molecule has 0 amide bonds. The van der Waals surface area contributed by atoms with Gasteiger partial charge in [0.15, 0.2) is 0 Å². The number of azide groups is 2. The maximum absolute atomic E-state index is 11.6. The van der Waals surface area contributed by atoms with Crippen molar-refractivity contribution in [2.45, 2.75) is 70.9 Å². The molecule has 21 nitrogen and oxygen atoms in total. The number of nitrogens with zero attached hydrogens (tertiary/aromatic N) is 9. The summed E-state index contributed by atoms with van der Waals surface area (Å²) in [5.74, 6) is 2.21. The van der Waals surface area contributed by atoms with Gasteiger partial charge in [-0.25, -0.2) is 33.7 Å². The number of ether oxygens (including phenoxy) is 4. The smallest absolute Gasteiger partial charge is 0.494 e. The molecule has 64 heavy (non-hydrogen) atoms. The molecule has 4 aromatic carbocycles. The maximum Gasteiger partial charge on any atom is 1.00 e. The van der Waals surface area contributed by atoms with Gasteiger partial charge >= 0.3 is 29.6 Å². The van der Waals surface area contributed by atoms with Crippen LogP contribution < -0.4 is 48.5 Å². The van der Waals surface area contributed by atoms with Crippen molar-refractivity contribution in [3.8, 4) is 23.0 Å². The second-order valence-corrected chi connectivity index (χ2v) is 20.7. The standard InChI is InChI=1S/C18H20Cl2O6S2.C18H20N6O6S2.N3.Na/c19-27(21,22)17-9-5-15(6-10-17)25-13-3-1-2-4-14-26-16-7-11-18(12-8-16)28(20,23)24;19-21-23-31(25,26)17-9-5-15(6-10-17)29-13-3-1-2-4-14-30-16-7-11-18(12-8-16)32(27,28)24-22-20;1-3-2;/h5-12H,1-4,13-14H2;5-12H,1-4,13-14H2;;/q;;-1;+1. The number of hydrogen-bond acceptors (Lipinski definition) is 12. The van der Waals surface area contributed by atoms with Crippen molar-refractivity contribution in [3.05, 3.63) is 134 Å². The van der Waals surface area contributed by atoms with Gasteiger partial charge in [-0.1, -0.05) is 0 Å². The number of hydrogen-bond donors (Lipinski definition) is 0. The summed E-state index contributed by atoms with van der Waals surface area (Å²) in [5, 5.41) is 0. The fourth-order valence-electron chi connectivity index (χ4n) is 4.88. The molecular formula is C36H40Cl2N9NaO12S4. The Morgan fingerprint density at radius 3 is 0.781 bits per heavy atom. The van der Waals surface area contributed by atoms with E-state index in [9.17, 15) is 33.7 Å². The molecule has 0 aliphatic carbocycles. The molecule has 4 aromatic rings. The first-order chi connectivity index (χ1) is 29.9. The summed E-state index contributed by atoms with van der Waals surface area (Å²) < 4.78 is 119. The topological polar surface area (TPSA) is 330 Å². The van der Waals surface area contributed by atoms with E-state index in [1.54, 1.807) is 24.3 Å². The van der Waals surface area contributed by atoms with E-state index in [1.807, 2.05) is 0 Å². The van der Waals surface area contributed by atoms with Gasteiger partial charge in [0.25, 0.3) is 38.1 Å². The third-order valence-electron chi connectivity index (χ3n) is 7.89. The van der Waals surface area contributed by atoms with Gasteiger partial charge in [-0.15, -0.1) is 0 Å². The molecule has 0 saturated carbocycles. The van der Waals surface area contributed by atoms with Crippen LogP contribution in [0.15, 0.2) is 126 Å². The van der Waals surface area contributed by atoms with Crippen molar-refractivity contribution in [2.24, 2.45) is 9.04 Å². The summed E-state index contributed by atoms with van der Waals surface area (Å²) in [6.07, 6.45) is 7.03. The molecule has 4 rings (SSSR count). The van der Waals surface area contributed by atoms with Crippen molar-refractivity contribution >= 4 is 59.5 Å². The zero-order valence-electron chi connectivity index (χ0n) is 34.0. The normalized spacial score (nSPS) is 10.9. The van der Waals surface area contributed by atoms with Gasteiger partial charge in [-0.3, -0.25) is 4.91 Å². The molecule has 0 atom stereocenters. The van der Waals surface area contributed by atoms with E-state index in [0.717, 1.165) is 51.4 Å². The minimum absolute atomic E-state index is 0. The van der Waals surface area contributed by atoms with Gasteiger partial charge in [-0.05, 0) is 159 Å². The molecule has 0 saturated heterocycles. The Morgan fingerprint density at radius 1 is 0.391 bits per heavy atom. The zero-order valence-corrected chi connectivity index (χ0v) is 40.8. The van der Waals surface area contributed by atoms with Gasteiger partial charge < -0.3 is 30.0 Å². The monoisotopic (exact) mass is 1010 g/mol. The third kappa shape index (κ3) is 22.8. The molecule has 0 N–H and O–H groups in total. The largest absolute Gasteiger partial charge is 1.00 e. The first-order valence-corrected chi connectivity index (χ1v) is 25.8. The molecule has 0 aliphatic rings. The fourth-order valence-corrected chi connectivity index (χ4v) is 7.76. The first kappa shape index (κ1) is 57.4. The van der Waals surface area contributed by atoms with Crippen LogP contribution in [-0.2, 0) is 38.1 Å². The van der Waals surface area contributed by atoms with E-state index in [4.69, 9.17) is 62.4 Å². The average Bonchev–Trinajstić information content (AvgIpc) is 3.23. The molecule has 0 bridgehead atoms. The molecule has 0 aromatic heterocycles. The molecular weight excluding hydrogens is 973 g/mol. The Labute approximate surface area is 401 Å². The predicted octanol–water partition coefficient (Wildman–Crippen LogP) is 7.13. The predicted molar refractivity (Wildman–Crippen MR) is 234 cm³/mol. The van der Waals surface area contributed by atoms with Crippen LogP contribution in [0, 0.1) is 0 Å². The van der Waals surface area contributed by atoms with Gasteiger partial charge in [-0.2, -0.15) is 0 Å². The van der Waals surface area contributed by atoms with Gasteiger partial charge in [0, 0.05) is 40.2 Å². The molecule has 0 fully saturated rings. The van der Waals surface area contributed by atoms with Crippen LogP contribution in [0.3, 0.4) is 0 Å². The molecule has 0 heterocycles. The number of halogens is 2. The quantitative estimate of drug-likeness (QED) is 0.0169. The molecule has 28 heteroatoms. The zero-order chi connectivity index (χ0) is 46.8. The van der Waals surface area contributed by atoms with Crippen molar-refractivity contribution in [1.82, 2.24) is 0 Å². The second kappa shape index (κ2) is 29.8. The molecule has 0 aliphatic heterocycles. The summed E-state index contributed by atoms with van der Waals surface area (Å²) in [6, 6.07) is 23.2. The van der Waals surface area contributed by atoms with Crippen LogP contribution >= 0.6 is 21.4 Å². The van der Waals surface area contributed by atoms with Crippen LogP contribution in [-0.4, -0.2) is 60.1 Å². The van der Waals surface area contributed by atoms with Crippen LogP contribution in [0.4, 0.5) is 0 Å². The first-order valence-electron chi connectivity index (χ1n) is 18.3. The van der Waals surface area contributed by atoms with E-state index >= 15 is 0 Å². The van der Waals surface area contributed by atoms with E-state index in [-0.39, 0.29) is 49.1 Å². The van der Waals surface area contributed by atoms with Crippen molar-refractivity contribution < 1.29 is 82.2 Å². The Bertz CT molecular complexity index is 2460. The fraction of sp³-hybridized carbons (Fsp3) is 0.333. The summed E-state index contributed by atoms with van der Waals surface area (Å²) in [7, 11) is -4.92. The Morgan fingerprint density at radius 2 is 0.594 bits per heavy atom. The van der Waals surface area contributed by atoms with Crippen LogP contribution in [0.1, 0.15) is 51.4 Å². The van der Waals surface area contributed by atoms with Crippen LogP contribution in [0.25, 0.3) is 36.9 Å². The van der Waals surface area contributed by atoms with E-state index in [1.165, 1.54) is 77.7 Å². The SMILES string of the molecule is O=S(=O)(Cl)c1ccc(OCCCCCCOc2ccc(S(=O)(=O)Cl)cc2)cc1.[N-]=[N+]=NS(=O)(=O)c1ccc(OCCCCCCOc2ccc(S(=O)(=O)N=[N+]=[N-])cc2)cc1.[N-]=[N+]=[N-].[Na+]. The minimum Gasteiger partial charge on any atom is -0.494 e. The van der Waals surface area contributed by atoms with E-state index < -0.39 is 38.1 Å². The molecule has 0 unspecified atom stereocenters. The van der Waals surface area contributed by atoms with Gasteiger partial charge in [0.2, 0.25) is 0 Å². The van der Waals surface area contributed by atoms with Gasteiger partial charge in [0.1, 0.15) is 23.0 Å². The summed E-state index contributed by atoms with van der Waals surface area (Å²) in [6.45, 7) is 1.99. The van der Waals surface area contributed by atoms with Crippen molar-refractivity contribution in [3.63, 3.8) is 0 Å². The van der Waals surface area contributed by atoms with Gasteiger partial charge in [0.05, 0.1) is 46.0 Å². The van der Waals surface area contributed by atoms with Crippen molar-refractivity contribution in [1.29, 1.82) is 0 Å². The Balaban J connectivity index is 0.000000598. The summed E-state index contributed by atoms with van der Waals surface area (Å²) >= 11 is 0. The minimum atomic E-state index is -4.00. The molecule has 0 radical (unpaired) electrons. The number of benzene rings is 4. The van der Waals surface area contributed by atoms with E-state index in [0.29, 0.717) is 49.4 Å². The van der Waals surface area contributed by atoms with Crippen LogP contribution in [0.2, 0.25) is 0 Å². The van der Waals surface area contributed by atoms with E-state index in [2.05, 4.69) is 18.9 Å². The third-order valence-corrected chi connectivity index (χ3v) is 12.9. The van der Waals surface area contributed by atoms with Crippen LogP contribution in [0.5, 0.6) is 23.0 Å². The maximum atomic E-state index is 11.6. The molecule has 340 valence electrons. The Hall–Kier alpha value is -4.61. The number of rotatable bonds is 24. The second-order valence-electron chi connectivity index (χ2n) is 12.4. The summed E-state index contributed by atoms with van der Waals surface area (Å²) in [5.41, 5.74) is 30.0. The summed E-state index contributed by atoms with van der Waals surface area (Å²) in [4.78, 5) is 5.97. The Kier molecular flexibility index (Phi) is 26.7. The number of sulfonamides is 2. The average molecular weight is 1010 g/mol. The molecule has 0 spiro atoms.